The van der Waals surface area contributed by atoms with Crippen LogP contribution in [0.3, 0.4) is 0 Å². The van der Waals surface area contributed by atoms with Crippen LogP contribution in [0.1, 0.15) is 17.5 Å². The average Bonchev–Trinajstić information content (AvgIpc) is 3.19. The van der Waals surface area contributed by atoms with Crippen LogP contribution >= 0.6 is 11.6 Å². The fourth-order valence-electron chi connectivity index (χ4n) is 3.55. The van der Waals surface area contributed by atoms with Crippen LogP contribution in [-0.4, -0.2) is 21.7 Å². The molecule has 1 aliphatic rings. The quantitative estimate of drug-likeness (QED) is 0.517. The summed E-state index contributed by atoms with van der Waals surface area (Å²) in [6.07, 6.45) is 2.02. The summed E-state index contributed by atoms with van der Waals surface area (Å²) in [7, 11) is 0. The molecule has 28 heavy (non-hydrogen) atoms. The number of imide groups is 1. The van der Waals surface area contributed by atoms with Crippen LogP contribution in [-0.2, 0) is 22.6 Å². The van der Waals surface area contributed by atoms with Crippen molar-refractivity contribution in [2.45, 2.75) is 19.4 Å². The number of likely N-dealkylation sites (tertiary alicyclic amines) is 1. The summed E-state index contributed by atoms with van der Waals surface area (Å²) in [6.45, 7) is -0.434. The van der Waals surface area contributed by atoms with E-state index >= 15 is 0 Å². The summed E-state index contributed by atoms with van der Waals surface area (Å²) >= 11 is 6.14. The monoisotopic (exact) mass is 406 g/mol. The van der Waals surface area contributed by atoms with Crippen molar-refractivity contribution < 1.29 is 22.8 Å². The number of H-pyrrole nitrogens is 1. The number of carbonyl (C=O) groups is 2. The second-order valence-corrected chi connectivity index (χ2v) is 7.14. The van der Waals surface area contributed by atoms with Crippen molar-refractivity contribution in [2.24, 2.45) is 5.92 Å². The number of hydrogen-bond donors (Lipinski definition) is 1. The first-order valence-corrected chi connectivity index (χ1v) is 8.95. The first-order chi connectivity index (χ1) is 13.4. The summed E-state index contributed by atoms with van der Waals surface area (Å²) in [5.41, 5.74) is 1.33. The molecule has 1 aliphatic heterocycles. The third-order valence-electron chi connectivity index (χ3n) is 5.00. The van der Waals surface area contributed by atoms with E-state index < -0.39 is 41.7 Å². The number of fused-ring (bicyclic) bond motifs is 1. The Morgan fingerprint density at radius 3 is 2.64 bits per heavy atom. The first-order valence-electron chi connectivity index (χ1n) is 8.58. The predicted molar refractivity (Wildman–Crippen MR) is 97.0 cm³/mol. The standard InChI is InChI=1S/C20H14ClF3N2O2/c21-14-3-1-2-13-12(8-25-19(13)14)6-11-7-16(27)26(20(11)28)9-10-4-5-15(22)18(24)17(10)23/h1-5,8,11,25H,6-7,9H2/t11-/m0/s1. The van der Waals surface area contributed by atoms with E-state index in [0.717, 1.165) is 33.5 Å². The molecule has 0 radical (unpaired) electrons. The number of halogens is 4. The fraction of sp³-hybridized carbons (Fsp3) is 0.200. The summed E-state index contributed by atoms with van der Waals surface area (Å²) in [5, 5.41) is 1.41. The molecule has 1 aromatic heterocycles. The highest BCUT2D eigenvalue weighted by Gasteiger charge is 2.39. The number of carbonyl (C=O) groups excluding carboxylic acids is 2. The molecule has 0 spiro atoms. The zero-order valence-corrected chi connectivity index (χ0v) is 15.2. The minimum Gasteiger partial charge on any atom is -0.360 e. The summed E-state index contributed by atoms with van der Waals surface area (Å²) in [5.74, 6) is -5.89. The number of nitrogens with one attached hydrogen (secondary N) is 1. The van der Waals surface area contributed by atoms with Crippen molar-refractivity contribution in [1.82, 2.24) is 9.88 Å². The lowest BCUT2D eigenvalue weighted by atomic mass is 9.97. The predicted octanol–water partition coefficient (Wildman–Crippen LogP) is 4.36. The third kappa shape index (κ3) is 3.05. The van der Waals surface area contributed by atoms with Gasteiger partial charge in [0.1, 0.15) is 0 Å². The second kappa shape index (κ2) is 6.98. The molecule has 8 heteroatoms. The number of aromatic amines is 1. The molecule has 1 atom stereocenters. The van der Waals surface area contributed by atoms with Crippen molar-refractivity contribution in [3.63, 3.8) is 0 Å². The number of nitrogens with zero attached hydrogens (tertiary/aromatic N) is 1. The Morgan fingerprint density at radius 1 is 1.07 bits per heavy atom. The van der Waals surface area contributed by atoms with Crippen molar-refractivity contribution >= 4 is 34.3 Å². The number of benzene rings is 2. The number of hydrogen-bond acceptors (Lipinski definition) is 2. The van der Waals surface area contributed by atoms with Gasteiger partial charge in [-0.25, -0.2) is 13.2 Å². The summed E-state index contributed by atoms with van der Waals surface area (Å²) in [6, 6.07) is 7.20. The Bertz CT molecular complexity index is 1110. The largest absolute Gasteiger partial charge is 0.360 e. The van der Waals surface area contributed by atoms with Gasteiger partial charge in [0.15, 0.2) is 17.5 Å². The highest BCUT2D eigenvalue weighted by atomic mass is 35.5. The van der Waals surface area contributed by atoms with Crippen LogP contribution < -0.4 is 0 Å². The first kappa shape index (κ1) is 18.6. The minimum atomic E-state index is -1.62. The topological polar surface area (TPSA) is 53.2 Å². The molecule has 1 saturated heterocycles. The zero-order chi connectivity index (χ0) is 20.0. The van der Waals surface area contributed by atoms with Crippen LogP contribution in [0.4, 0.5) is 13.2 Å². The maximum atomic E-state index is 13.9. The molecule has 0 aliphatic carbocycles. The van der Waals surface area contributed by atoms with E-state index in [2.05, 4.69) is 4.98 Å². The van der Waals surface area contributed by atoms with E-state index in [4.69, 9.17) is 11.6 Å². The van der Waals surface area contributed by atoms with Gasteiger partial charge in [0.25, 0.3) is 0 Å². The highest BCUT2D eigenvalue weighted by molar-refractivity contribution is 6.35. The van der Waals surface area contributed by atoms with Crippen LogP contribution in [0.15, 0.2) is 36.5 Å². The SMILES string of the molecule is O=C1C[C@H](Cc2c[nH]c3c(Cl)cccc23)C(=O)N1Cc1ccc(F)c(F)c1F. The van der Waals surface area contributed by atoms with Crippen LogP contribution in [0.25, 0.3) is 10.9 Å². The zero-order valence-electron chi connectivity index (χ0n) is 14.4. The van der Waals surface area contributed by atoms with Crippen LogP contribution in [0.5, 0.6) is 0 Å². The van der Waals surface area contributed by atoms with Crippen LogP contribution in [0.2, 0.25) is 5.02 Å². The van der Waals surface area contributed by atoms with Gasteiger partial charge in [-0.1, -0.05) is 29.8 Å². The van der Waals surface area contributed by atoms with Crippen molar-refractivity contribution in [2.75, 3.05) is 0 Å². The van der Waals surface area contributed by atoms with Gasteiger partial charge >= 0.3 is 0 Å². The molecule has 1 N–H and O–H groups in total. The second-order valence-electron chi connectivity index (χ2n) is 6.73. The molecule has 0 bridgehead atoms. The lowest BCUT2D eigenvalue weighted by molar-refractivity contribution is -0.140. The van der Waals surface area contributed by atoms with Gasteiger partial charge in [-0.2, -0.15) is 0 Å². The molecular formula is C20H14ClF3N2O2. The molecule has 2 amide bonds. The normalized spacial score (nSPS) is 17.1. The van der Waals surface area contributed by atoms with E-state index in [1.165, 1.54) is 0 Å². The van der Waals surface area contributed by atoms with Gasteiger partial charge in [0.05, 0.1) is 23.0 Å². The summed E-state index contributed by atoms with van der Waals surface area (Å²) in [4.78, 5) is 28.9. The van der Waals surface area contributed by atoms with Crippen molar-refractivity contribution in [1.29, 1.82) is 0 Å². The smallest absolute Gasteiger partial charge is 0.233 e. The van der Waals surface area contributed by atoms with E-state index in [0.29, 0.717) is 11.4 Å². The summed E-state index contributed by atoms with van der Waals surface area (Å²) < 4.78 is 40.4. The van der Waals surface area contributed by atoms with Gasteiger partial charge in [0, 0.05) is 23.6 Å². The Labute approximate surface area is 162 Å². The number of rotatable bonds is 4. The Hall–Kier alpha value is -2.80. The molecular weight excluding hydrogens is 393 g/mol. The molecule has 0 saturated carbocycles. The molecule has 3 aromatic rings. The van der Waals surface area contributed by atoms with Gasteiger partial charge in [-0.15, -0.1) is 0 Å². The molecule has 0 unspecified atom stereocenters. The van der Waals surface area contributed by atoms with E-state index in [1.54, 1.807) is 18.3 Å². The van der Waals surface area contributed by atoms with Crippen molar-refractivity contribution in [3.8, 4) is 0 Å². The maximum absolute atomic E-state index is 13.9. The highest BCUT2D eigenvalue weighted by Crippen LogP contribution is 2.31. The van der Waals surface area contributed by atoms with Gasteiger partial charge in [-0.3, -0.25) is 14.5 Å². The molecule has 144 valence electrons. The number of para-hydroxylation sites is 1. The molecule has 2 aromatic carbocycles. The van der Waals surface area contributed by atoms with E-state index in [-0.39, 0.29) is 12.0 Å². The Morgan fingerprint density at radius 2 is 1.86 bits per heavy atom. The van der Waals surface area contributed by atoms with Gasteiger partial charge in [0.2, 0.25) is 11.8 Å². The lowest BCUT2D eigenvalue weighted by Crippen LogP contribution is -2.31. The Kier molecular flexibility index (Phi) is 4.63. The Balaban J connectivity index is 1.56. The molecule has 2 heterocycles. The number of aromatic nitrogens is 1. The lowest BCUT2D eigenvalue weighted by Gasteiger charge is -2.16. The van der Waals surface area contributed by atoms with Gasteiger partial charge < -0.3 is 4.98 Å². The van der Waals surface area contributed by atoms with Crippen LogP contribution in [0, 0.1) is 23.4 Å². The maximum Gasteiger partial charge on any atom is 0.233 e. The minimum absolute atomic E-state index is 0.0304. The van der Waals surface area contributed by atoms with E-state index in [9.17, 15) is 22.8 Å². The average molecular weight is 407 g/mol. The fourth-order valence-corrected chi connectivity index (χ4v) is 3.77. The molecule has 4 rings (SSSR count). The van der Waals surface area contributed by atoms with Crippen molar-refractivity contribution in [3.05, 3.63) is 70.1 Å². The van der Waals surface area contributed by atoms with E-state index in [1.807, 2.05) is 6.07 Å². The molecule has 4 nitrogen and oxygen atoms in total. The van der Waals surface area contributed by atoms with Gasteiger partial charge in [-0.05, 0) is 24.1 Å². The molecule has 1 fully saturated rings. The number of amides is 2. The third-order valence-corrected chi connectivity index (χ3v) is 5.31.